The van der Waals surface area contributed by atoms with Gasteiger partial charge in [0.15, 0.2) is 0 Å². The maximum absolute atomic E-state index is 12.7. The molecule has 0 saturated carbocycles. The summed E-state index contributed by atoms with van der Waals surface area (Å²) < 4.78 is 36.3. The van der Waals surface area contributed by atoms with Crippen LogP contribution in [0, 0.1) is 6.92 Å². The smallest absolute Gasteiger partial charge is 0.241 e. The lowest BCUT2D eigenvalue weighted by Crippen LogP contribution is -2.41. The van der Waals surface area contributed by atoms with Crippen LogP contribution in [0.1, 0.15) is 24.1 Å². The molecule has 2 aromatic rings. The van der Waals surface area contributed by atoms with Gasteiger partial charge in [-0.3, -0.25) is 9.10 Å². The molecule has 1 N–H and O–H groups in total. The van der Waals surface area contributed by atoms with Gasteiger partial charge >= 0.3 is 0 Å². The van der Waals surface area contributed by atoms with Gasteiger partial charge in [-0.25, -0.2) is 8.42 Å². The van der Waals surface area contributed by atoms with E-state index in [0.717, 1.165) is 10.6 Å². The van der Waals surface area contributed by atoms with Crippen molar-refractivity contribution in [1.29, 1.82) is 0 Å². The van der Waals surface area contributed by atoms with E-state index in [4.69, 9.17) is 21.1 Å². The molecule has 0 saturated heterocycles. The number of methoxy groups -OCH3 is 2. The van der Waals surface area contributed by atoms with Crippen LogP contribution < -0.4 is 19.1 Å². The van der Waals surface area contributed by atoms with Gasteiger partial charge in [0.1, 0.15) is 18.0 Å². The molecule has 0 bridgehead atoms. The fourth-order valence-electron chi connectivity index (χ4n) is 2.95. The average Bonchev–Trinajstić information content (AvgIpc) is 2.65. The van der Waals surface area contributed by atoms with E-state index in [1.807, 2.05) is 0 Å². The molecule has 7 nitrogen and oxygen atoms in total. The number of halogens is 1. The van der Waals surface area contributed by atoms with Crippen molar-refractivity contribution < 1.29 is 22.7 Å². The monoisotopic (exact) mass is 440 g/mol. The molecule has 9 heteroatoms. The first-order valence-electron chi connectivity index (χ1n) is 8.82. The van der Waals surface area contributed by atoms with E-state index in [-0.39, 0.29) is 6.54 Å². The summed E-state index contributed by atoms with van der Waals surface area (Å²) in [6.45, 7) is 3.16. The standard InChI is InChI=1S/C20H25ClN2O5S/c1-13-10-15(21)6-8-18(13)23(29(5,25)26)12-20(24)22-14(2)17-11-16(27-3)7-9-19(17)28-4/h6-11,14H,12H2,1-5H3,(H,22,24)/t14-/m1/s1. The highest BCUT2D eigenvalue weighted by atomic mass is 35.5. The molecule has 1 amide bonds. The zero-order chi connectivity index (χ0) is 21.8. The molecule has 0 aliphatic carbocycles. The summed E-state index contributed by atoms with van der Waals surface area (Å²) in [5.41, 5.74) is 1.77. The van der Waals surface area contributed by atoms with Crippen LogP contribution in [0.15, 0.2) is 36.4 Å². The highest BCUT2D eigenvalue weighted by Crippen LogP contribution is 2.29. The number of amides is 1. The van der Waals surface area contributed by atoms with Crippen molar-refractivity contribution in [2.45, 2.75) is 19.9 Å². The number of rotatable bonds is 8. The Morgan fingerprint density at radius 3 is 2.41 bits per heavy atom. The van der Waals surface area contributed by atoms with E-state index in [0.29, 0.717) is 33.3 Å². The Hall–Kier alpha value is -2.45. The first-order valence-corrected chi connectivity index (χ1v) is 11.0. The minimum absolute atomic E-state index is 0.363. The summed E-state index contributed by atoms with van der Waals surface area (Å²) in [4.78, 5) is 12.7. The summed E-state index contributed by atoms with van der Waals surface area (Å²) in [6, 6.07) is 9.66. The first-order chi connectivity index (χ1) is 13.6. The third kappa shape index (κ3) is 5.77. The number of anilines is 1. The molecule has 0 spiro atoms. The van der Waals surface area contributed by atoms with Crippen molar-refractivity contribution in [3.63, 3.8) is 0 Å². The lowest BCUT2D eigenvalue weighted by Gasteiger charge is -2.25. The number of sulfonamides is 1. The fourth-order valence-corrected chi connectivity index (χ4v) is 4.09. The number of hydrogen-bond acceptors (Lipinski definition) is 5. The third-order valence-electron chi connectivity index (χ3n) is 4.40. The maximum atomic E-state index is 12.7. The van der Waals surface area contributed by atoms with Gasteiger partial charge in [-0.2, -0.15) is 0 Å². The highest BCUT2D eigenvalue weighted by Gasteiger charge is 2.24. The van der Waals surface area contributed by atoms with Gasteiger partial charge in [-0.1, -0.05) is 11.6 Å². The Balaban J connectivity index is 2.25. The van der Waals surface area contributed by atoms with E-state index in [2.05, 4.69) is 5.32 Å². The number of nitrogens with one attached hydrogen (secondary N) is 1. The lowest BCUT2D eigenvalue weighted by molar-refractivity contribution is -0.120. The molecule has 0 heterocycles. The van der Waals surface area contributed by atoms with Crippen molar-refractivity contribution in [2.24, 2.45) is 0 Å². The number of hydrogen-bond donors (Lipinski definition) is 1. The van der Waals surface area contributed by atoms with Gasteiger partial charge in [0.25, 0.3) is 0 Å². The minimum atomic E-state index is -3.69. The van der Waals surface area contributed by atoms with Crippen molar-refractivity contribution >= 4 is 33.2 Å². The molecule has 0 radical (unpaired) electrons. The van der Waals surface area contributed by atoms with Crippen LogP contribution in [0.2, 0.25) is 5.02 Å². The molecule has 0 fully saturated rings. The predicted octanol–water partition coefficient (Wildman–Crippen LogP) is 3.31. The quantitative estimate of drug-likeness (QED) is 0.680. The molecule has 2 aromatic carbocycles. The van der Waals surface area contributed by atoms with Gasteiger partial charge in [-0.15, -0.1) is 0 Å². The summed E-state index contributed by atoms with van der Waals surface area (Å²) >= 11 is 5.96. The molecular formula is C20H25ClN2O5S. The third-order valence-corrected chi connectivity index (χ3v) is 5.76. The molecule has 0 aromatic heterocycles. The Kier molecular flexibility index (Phi) is 7.37. The summed E-state index contributed by atoms with van der Waals surface area (Å²) in [5.74, 6) is 0.755. The van der Waals surface area contributed by atoms with Crippen LogP contribution in [-0.4, -0.2) is 41.3 Å². The number of carbonyl (C=O) groups excluding carboxylic acids is 1. The van der Waals surface area contributed by atoms with Gasteiger partial charge < -0.3 is 14.8 Å². The van der Waals surface area contributed by atoms with Crippen LogP contribution in [0.25, 0.3) is 0 Å². The maximum Gasteiger partial charge on any atom is 0.241 e. The van der Waals surface area contributed by atoms with Crippen LogP contribution >= 0.6 is 11.6 Å². The van der Waals surface area contributed by atoms with Crippen LogP contribution in [0.3, 0.4) is 0 Å². The minimum Gasteiger partial charge on any atom is -0.497 e. The molecular weight excluding hydrogens is 416 g/mol. The molecule has 0 unspecified atom stereocenters. The number of ether oxygens (including phenoxy) is 2. The van der Waals surface area contributed by atoms with Gasteiger partial charge in [0, 0.05) is 10.6 Å². The van der Waals surface area contributed by atoms with Crippen LogP contribution in [0.5, 0.6) is 11.5 Å². The van der Waals surface area contributed by atoms with E-state index in [9.17, 15) is 13.2 Å². The number of carbonyl (C=O) groups is 1. The number of nitrogens with zero attached hydrogens (tertiary/aromatic N) is 1. The second-order valence-electron chi connectivity index (χ2n) is 6.60. The zero-order valence-electron chi connectivity index (χ0n) is 17.0. The SMILES string of the molecule is COc1ccc(OC)c([C@@H](C)NC(=O)CN(c2ccc(Cl)cc2C)S(C)(=O)=O)c1. The van der Waals surface area contributed by atoms with E-state index < -0.39 is 22.0 Å². The zero-order valence-corrected chi connectivity index (χ0v) is 18.6. The molecule has 1 atom stereocenters. The number of aryl methyl sites for hydroxylation is 1. The summed E-state index contributed by atoms with van der Waals surface area (Å²) in [5, 5.41) is 3.31. The Morgan fingerprint density at radius 2 is 1.86 bits per heavy atom. The van der Waals surface area contributed by atoms with Crippen LogP contribution in [0.4, 0.5) is 5.69 Å². The fraction of sp³-hybridized carbons (Fsp3) is 0.350. The van der Waals surface area contributed by atoms with Crippen molar-refractivity contribution in [1.82, 2.24) is 5.32 Å². The highest BCUT2D eigenvalue weighted by molar-refractivity contribution is 7.92. The van der Waals surface area contributed by atoms with E-state index in [1.165, 1.54) is 7.11 Å². The van der Waals surface area contributed by atoms with Gasteiger partial charge in [0.05, 0.1) is 32.2 Å². The lowest BCUT2D eigenvalue weighted by atomic mass is 10.1. The molecule has 29 heavy (non-hydrogen) atoms. The van der Waals surface area contributed by atoms with Crippen molar-refractivity contribution in [3.8, 4) is 11.5 Å². The largest absolute Gasteiger partial charge is 0.497 e. The van der Waals surface area contributed by atoms with Crippen molar-refractivity contribution in [2.75, 3.05) is 31.3 Å². The van der Waals surface area contributed by atoms with Crippen LogP contribution in [-0.2, 0) is 14.8 Å². The average molecular weight is 441 g/mol. The number of benzene rings is 2. The Bertz CT molecular complexity index is 994. The molecule has 158 valence electrons. The second-order valence-corrected chi connectivity index (χ2v) is 8.94. The molecule has 0 aliphatic rings. The van der Waals surface area contributed by atoms with Gasteiger partial charge in [-0.05, 0) is 55.8 Å². The van der Waals surface area contributed by atoms with E-state index >= 15 is 0 Å². The summed E-state index contributed by atoms with van der Waals surface area (Å²) in [6.07, 6.45) is 1.06. The second kappa shape index (κ2) is 9.37. The first kappa shape index (κ1) is 22.8. The van der Waals surface area contributed by atoms with Gasteiger partial charge in [0.2, 0.25) is 15.9 Å². The summed E-state index contributed by atoms with van der Waals surface area (Å²) in [7, 11) is -0.602. The topological polar surface area (TPSA) is 84.9 Å². The van der Waals surface area contributed by atoms with Crippen molar-refractivity contribution in [3.05, 3.63) is 52.5 Å². The molecule has 2 rings (SSSR count). The Labute approximate surface area is 176 Å². The predicted molar refractivity (Wildman–Crippen MR) is 114 cm³/mol. The Morgan fingerprint density at radius 1 is 1.17 bits per heavy atom. The molecule has 0 aliphatic heterocycles. The van der Waals surface area contributed by atoms with E-state index in [1.54, 1.807) is 57.4 Å². The normalized spacial score (nSPS) is 12.2.